The average Bonchev–Trinajstić information content (AvgIpc) is 3.04. The molecule has 2 fully saturated rings. The fourth-order valence-corrected chi connectivity index (χ4v) is 5.47. The molecule has 156 valence electrons. The number of anilines is 1. The van der Waals surface area contributed by atoms with Gasteiger partial charge in [-0.1, -0.05) is 12.8 Å². The second-order valence-electron chi connectivity index (χ2n) is 7.58. The van der Waals surface area contributed by atoms with Crippen LogP contribution in [0.5, 0.6) is 0 Å². The van der Waals surface area contributed by atoms with Crippen molar-refractivity contribution in [1.82, 2.24) is 9.21 Å². The predicted molar refractivity (Wildman–Crippen MR) is 109 cm³/mol. The van der Waals surface area contributed by atoms with Crippen LogP contribution >= 0.6 is 0 Å². The van der Waals surface area contributed by atoms with Crippen molar-refractivity contribution < 1.29 is 13.3 Å². The summed E-state index contributed by atoms with van der Waals surface area (Å²) in [5, 5.41) is 14.6. The van der Waals surface area contributed by atoms with Gasteiger partial charge in [-0.3, -0.25) is 10.1 Å². The lowest BCUT2D eigenvalue weighted by atomic mass is 10.2. The zero-order valence-electron chi connectivity index (χ0n) is 16.3. The summed E-state index contributed by atoms with van der Waals surface area (Å²) < 4.78 is 27.3. The van der Waals surface area contributed by atoms with E-state index in [4.69, 9.17) is 0 Å². The molecule has 8 nitrogen and oxygen atoms in total. The summed E-state index contributed by atoms with van der Waals surface area (Å²) in [6, 6.07) is 4.21. The highest BCUT2D eigenvalue weighted by Gasteiger charge is 2.28. The first-order valence-corrected chi connectivity index (χ1v) is 11.7. The smallest absolute Gasteiger partial charge is 0.293 e. The molecule has 9 heteroatoms. The first-order valence-electron chi connectivity index (χ1n) is 10.2. The minimum atomic E-state index is -3.70. The van der Waals surface area contributed by atoms with Gasteiger partial charge >= 0.3 is 0 Å². The van der Waals surface area contributed by atoms with E-state index < -0.39 is 14.9 Å². The fraction of sp³-hybridized carbons (Fsp3) is 0.684. The molecule has 0 aliphatic carbocycles. The predicted octanol–water partition coefficient (Wildman–Crippen LogP) is 3.06. The standard InChI is InChI=1S/C19H30N4O4S/c24-23(25)19-16-17(28(26,27)22-14-3-1-2-4-15-22)8-9-18(19)20-10-7-13-21-11-5-6-12-21/h8-9,16,20H,1-7,10-15H2. The van der Waals surface area contributed by atoms with E-state index in [1.165, 1.54) is 35.3 Å². The van der Waals surface area contributed by atoms with Crippen LogP contribution in [0.2, 0.25) is 0 Å². The molecule has 0 unspecified atom stereocenters. The SMILES string of the molecule is O=[N+]([O-])c1cc(S(=O)(=O)N2CCCCCC2)ccc1NCCCN1CCCC1. The molecule has 1 aromatic rings. The minimum absolute atomic E-state index is 0.00344. The molecule has 0 spiro atoms. The first-order chi connectivity index (χ1) is 13.5. The number of rotatable bonds is 8. The topological polar surface area (TPSA) is 95.8 Å². The maximum atomic E-state index is 12.9. The van der Waals surface area contributed by atoms with Gasteiger partial charge in [0.05, 0.1) is 9.82 Å². The van der Waals surface area contributed by atoms with Crippen LogP contribution in [0.1, 0.15) is 44.9 Å². The van der Waals surface area contributed by atoms with Crippen LogP contribution in [0.25, 0.3) is 0 Å². The van der Waals surface area contributed by atoms with Crippen molar-refractivity contribution in [2.45, 2.75) is 49.8 Å². The fourth-order valence-electron chi connectivity index (χ4n) is 3.94. The molecule has 2 saturated heterocycles. The molecule has 0 radical (unpaired) electrons. The van der Waals surface area contributed by atoms with Gasteiger partial charge in [0.25, 0.3) is 5.69 Å². The zero-order chi connectivity index (χ0) is 20.0. The van der Waals surface area contributed by atoms with Gasteiger partial charge in [-0.25, -0.2) is 8.42 Å². The average molecular weight is 411 g/mol. The van der Waals surface area contributed by atoms with Crippen molar-refractivity contribution >= 4 is 21.4 Å². The molecule has 0 aromatic heterocycles. The zero-order valence-corrected chi connectivity index (χ0v) is 17.1. The Morgan fingerprint density at radius 1 is 1.00 bits per heavy atom. The van der Waals surface area contributed by atoms with Gasteiger partial charge in [-0.2, -0.15) is 4.31 Å². The monoisotopic (exact) mass is 410 g/mol. The van der Waals surface area contributed by atoms with E-state index in [1.54, 1.807) is 0 Å². The Kier molecular flexibility index (Phi) is 7.25. The van der Waals surface area contributed by atoms with E-state index in [2.05, 4.69) is 10.2 Å². The normalized spacial score (nSPS) is 19.4. The number of nitro benzene ring substituents is 1. The van der Waals surface area contributed by atoms with Gasteiger partial charge < -0.3 is 10.2 Å². The van der Waals surface area contributed by atoms with Crippen molar-refractivity contribution in [3.05, 3.63) is 28.3 Å². The van der Waals surface area contributed by atoms with Gasteiger partial charge in [-0.15, -0.1) is 0 Å². The Bertz CT molecular complexity index is 770. The molecule has 3 rings (SSSR count). The number of hydrogen-bond acceptors (Lipinski definition) is 6. The number of hydrogen-bond donors (Lipinski definition) is 1. The second kappa shape index (κ2) is 9.67. The molecule has 1 aromatic carbocycles. The molecule has 1 N–H and O–H groups in total. The molecule has 0 amide bonds. The highest BCUT2D eigenvalue weighted by Crippen LogP contribution is 2.30. The third kappa shape index (κ3) is 5.21. The van der Waals surface area contributed by atoms with Crippen LogP contribution in [0.3, 0.4) is 0 Å². The number of likely N-dealkylation sites (tertiary alicyclic amines) is 1. The molecule has 2 heterocycles. The van der Waals surface area contributed by atoms with E-state index in [0.717, 1.165) is 51.7 Å². The molecule has 0 bridgehead atoms. The lowest BCUT2D eigenvalue weighted by molar-refractivity contribution is -0.384. The lowest BCUT2D eigenvalue weighted by Gasteiger charge is -2.20. The molecule has 0 atom stereocenters. The maximum Gasteiger partial charge on any atom is 0.293 e. The minimum Gasteiger partial charge on any atom is -0.379 e. The lowest BCUT2D eigenvalue weighted by Crippen LogP contribution is -2.32. The van der Waals surface area contributed by atoms with Gasteiger partial charge in [-0.05, 0) is 63.9 Å². The number of benzene rings is 1. The van der Waals surface area contributed by atoms with E-state index in [0.29, 0.717) is 25.3 Å². The van der Waals surface area contributed by atoms with Crippen molar-refractivity contribution in [3.63, 3.8) is 0 Å². The Morgan fingerprint density at radius 2 is 1.64 bits per heavy atom. The summed E-state index contributed by atoms with van der Waals surface area (Å²) in [5.74, 6) is 0. The van der Waals surface area contributed by atoms with Crippen LogP contribution in [-0.2, 0) is 10.0 Å². The quantitative estimate of drug-likeness (QED) is 0.402. The second-order valence-corrected chi connectivity index (χ2v) is 9.52. The third-order valence-corrected chi connectivity index (χ3v) is 7.43. The molecule has 2 aliphatic rings. The van der Waals surface area contributed by atoms with Crippen molar-refractivity contribution in [1.29, 1.82) is 0 Å². The van der Waals surface area contributed by atoms with Gasteiger partial charge in [0, 0.05) is 25.7 Å². The van der Waals surface area contributed by atoms with Crippen molar-refractivity contribution in [3.8, 4) is 0 Å². The highest BCUT2D eigenvalue weighted by atomic mass is 32.2. The number of nitrogens with one attached hydrogen (secondary N) is 1. The molecule has 0 saturated carbocycles. The van der Waals surface area contributed by atoms with Crippen LogP contribution in [0, 0.1) is 10.1 Å². The Hall–Kier alpha value is -1.71. The Balaban J connectivity index is 1.68. The third-order valence-electron chi connectivity index (χ3n) is 5.53. The molecule has 2 aliphatic heterocycles. The van der Waals surface area contributed by atoms with Crippen LogP contribution in [0.4, 0.5) is 11.4 Å². The Morgan fingerprint density at radius 3 is 2.29 bits per heavy atom. The summed E-state index contributed by atoms with van der Waals surface area (Å²) in [6.45, 7) is 4.81. The van der Waals surface area contributed by atoms with E-state index in [9.17, 15) is 18.5 Å². The van der Waals surface area contributed by atoms with Crippen LogP contribution in [0.15, 0.2) is 23.1 Å². The van der Waals surface area contributed by atoms with E-state index in [1.807, 2.05) is 0 Å². The maximum absolute atomic E-state index is 12.9. The summed E-state index contributed by atoms with van der Waals surface area (Å²) in [6.07, 6.45) is 7.08. The van der Waals surface area contributed by atoms with E-state index >= 15 is 0 Å². The number of sulfonamides is 1. The molecular formula is C19H30N4O4S. The summed E-state index contributed by atoms with van der Waals surface area (Å²) in [5.41, 5.74) is 0.193. The summed E-state index contributed by atoms with van der Waals surface area (Å²) in [7, 11) is -3.70. The van der Waals surface area contributed by atoms with Gasteiger partial charge in [0.1, 0.15) is 5.69 Å². The van der Waals surface area contributed by atoms with E-state index in [-0.39, 0.29) is 10.6 Å². The van der Waals surface area contributed by atoms with Gasteiger partial charge in [0.2, 0.25) is 10.0 Å². The number of nitrogens with zero attached hydrogens (tertiary/aromatic N) is 3. The van der Waals surface area contributed by atoms with Crippen molar-refractivity contribution in [2.24, 2.45) is 0 Å². The molecule has 28 heavy (non-hydrogen) atoms. The highest BCUT2D eigenvalue weighted by molar-refractivity contribution is 7.89. The molecular weight excluding hydrogens is 380 g/mol. The van der Waals surface area contributed by atoms with Crippen molar-refractivity contribution in [2.75, 3.05) is 44.6 Å². The van der Waals surface area contributed by atoms with Crippen LogP contribution < -0.4 is 5.32 Å². The summed E-state index contributed by atoms with van der Waals surface area (Å²) >= 11 is 0. The van der Waals surface area contributed by atoms with Gasteiger partial charge in [0.15, 0.2) is 0 Å². The summed E-state index contributed by atoms with van der Waals surface area (Å²) in [4.78, 5) is 13.4. The first kappa shape index (κ1) is 21.0. The Labute approximate surface area is 167 Å². The number of nitro groups is 1. The van der Waals surface area contributed by atoms with Crippen LogP contribution in [-0.4, -0.2) is 61.8 Å². The largest absolute Gasteiger partial charge is 0.379 e.